The van der Waals surface area contributed by atoms with Gasteiger partial charge in [-0.2, -0.15) is 0 Å². The maximum Gasteiger partial charge on any atom is 0.332 e. The summed E-state index contributed by atoms with van der Waals surface area (Å²) in [6, 6.07) is 9.16. The molecular weight excluding hydrogens is 592 g/mol. The van der Waals surface area contributed by atoms with Gasteiger partial charge in [0.1, 0.15) is 18.6 Å². The van der Waals surface area contributed by atoms with Crippen molar-refractivity contribution in [3.63, 3.8) is 0 Å². The Labute approximate surface area is 271 Å². The highest BCUT2D eigenvalue weighted by Crippen LogP contribution is 2.28. The third kappa shape index (κ3) is 11.3. The zero-order valence-electron chi connectivity index (χ0n) is 27.2. The van der Waals surface area contributed by atoms with E-state index in [1.54, 1.807) is 6.92 Å². The molecule has 1 aromatic heterocycles. The molecule has 2 N–H and O–H groups in total. The molecule has 1 amide bonds. The third-order valence-corrected chi connectivity index (χ3v) is 8.07. The molecule has 11 heteroatoms. The number of amides is 1. The predicted molar refractivity (Wildman–Crippen MR) is 170 cm³/mol. The number of aromatic hydroxyl groups is 1. The number of carbonyl (C=O) groups excluding carboxylic acids is 4. The van der Waals surface area contributed by atoms with E-state index >= 15 is 0 Å². The molecule has 0 saturated carbocycles. The first kappa shape index (κ1) is 36.3. The summed E-state index contributed by atoms with van der Waals surface area (Å²) in [5.41, 5.74) is 0.425. The van der Waals surface area contributed by atoms with Gasteiger partial charge in [0, 0.05) is 18.7 Å². The Balaban J connectivity index is 1.66. The molecule has 1 aliphatic rings. The fourth-order valence-corrected chi connectivity index (χ4v) is 5.44. The van der Waals surface area contributed by atoms with Crippen molar-refractivity contribution in [2.45, 2.75) is 109 Å². The summed E-state index contributed by atoms with van der Waals surface area (Å²) >= 11 is 0. The van der Waals surface area contributed by atoms with E-state index in [1.807, 2.05) is 30.3 Å². The summed E-state index contributed by atoms with van der Waals surface area (Å²) in [5.74, 6) is -4.45. The minimum atomic E-state index is -1.41. The smallest absolute Gasteiger partial charge is 0.332 e. The topological polar surface area (TPSA) is 150 Å². The number of rotatable bonds is 17. The lowest BCUT2D eigenvalue weighted by Crippen LogP contribution is -2.46. The summed E-state index contributed by atoms with van der Waals surface area (Å²) in [7, 11) is 1.32. The van der Waals surface area contributed by atoms with E-state index in [1.165, 1.54) is 57.9 Å². The fourth-order valence-electron chi connectivity index (χ4n) is 5.44. The van der Waals surface area contributed by atoms with Crippen molar-refractivity contribution in [3.8, 4) is 11.5 Å². The van der Waals surface area contributed by atoms with Crippen LogP contribution in [0.5, 0.6) is 11.5 Å². The van der Waals surface area contributed by atoms with Crippen LogP contribution in [0.3, 0.4) is 0 Å². The van der Waals surface area contributed by atoms with Crippen LogP contribution in [-0.4, -0.2) is 65.9 Å². The zero-order valence-corrected chi connectivity index (χ0v) is 27.2. The van der Waals surface area contributed by atoms with Gasteiger partial charge < -0.3 is 29.4 Å². The Bertz CT molecular complexity index is 1270. The highest BCUT2D eigenvalue weighted by atomic mass is 16.6. The van der Waals surface area contributed by atoms with Crippen LogP contribution in [0.25, 0.3) is 0 Å². The minimum absolute atomic E-state index is 0.0171. The Morgan fingerprint density at radius 2 is 1.61 bits per heavy atom. The Morgan fingerprint density at radius 1 is 0.957 bits per heavy atom. The minimum Gasteiger partial charge on any atom is -0.503 e. The van der Waals surface area contributed by atoms with Gasteiger partial charge in [0.05, 0.1) is 7.11 Å². The van der Waals surface area contributed by atoms with Gasteiger partial charge in [-0.15, -0.1) is 0 Å². The number of benzene rings is 1. The van der Waals surface area contributed by atoms with Crippen LogP contribution in [-0.2, 0) is 35.0 Å². The molecular formula is C35H48N2O9. The second-order valence-electron chi connectivity index (χ2n) is 11.7. The number of aromatic nitrogens is 1. The summed E-state index contributed by atoms with van der Waals surface area (Å²) in [6.07, 6.45) is 10.7. The highest BCUT2D eigenvalue weighted by Gasteiger charge is 2.42. The number of hydrogen-bond acceptors (Lipinski definition) is 10. The number of cyclic esters (lactones) is 2. The molecule has 3 rings (SSSR count). The van der Waals surface area contributed by atoms with Gasteiger partial charge in [-0.1, -0.05) is 95.0 Å². The monoisotopic (exact) mass is 640 g/mol. The van der Waals surface area contributed by atoms with Gasteiger partial charge >= 0.3 is 17.9 Å². The van der Waals surface area contributed by atoms with E-state index in [-0.39, 0.29) is 24.3 Å². The molecule has 1 saturated heterocycles. The van der Waals surface area contributed by atoms with E-state index in [2.05, 4.69) is 17.2 Å². The molecule has 1 aromatic carbocycles. The highest BCUT2D eigenvalue weighted by molar-refractivity contribution is 5.98. The maximum atomic E-state index is 13.5. The number of unbranched alkanes of at least 4 members (excludes halogenated alkanes) is 9. The number of esters is 3. The first-order chi connectivity index (χ1) is 22.2. The Hall–Kier alpha value is -4.15. The molecule has 0 radical (unpaired) electrons. The number of nitrogens with one attached hydrogen (secondary N) is 1. The number of pyridine rings is 1. The van der Waals surface area contributed by atoms with Gasteiger partial charge in [-0.3, -0.25) is 14.4 Å². The van der Waals surface area contributed by atoms with Crippen molar-refractivity contribution in [1.29, 1.82) is 0 Å². The second kappa shape index (κ2) is 19.4. The average Bonchev–Trinajstić information content (AvgIpc) is 3.08. The summed E-state index contributed by atoms with van der Waals surface area (Å²) in [5, 5.41) is 12.7. The van der Waals surface area contributed by atoms with Gasteiger partial charge in [0.25, 0.3) is 5.91 Å². The largest absolute Gasteiger partial charge is 0.503 e. The van der Waals surface area contributed by atoms with E-state index in [0.29, 0.717) is 6.42 Å². The van der Waals surface area contributed by atoms with Crippen LogP contribution >= 0.6 is 0 Å². The van der Waals surface area contributed by atoms with Crippen molar-refractivity contribution in [2.24, 2.45) is 5.92 Å². The molecule has 1 aliphatic heterocycles. The Kier molecular flexibility index (Phi) is 15.3. The molecule has 4 atom stereocenters. The molecule has 252 valence electrons. The van der Waals surface area contributed by atoms with E-state index in [4.69, 9.17) is 18.9 Å². The number of hydrogen-bond donors (Lipinski definition) is 2. The van der Waals surface area contributed by atoms with Crippen molar-refractivity contribution < 1.29 is 43.2 Å². The zero-order chi connectivity index (χ0) is 33.3. The van der Waals surface area contributed by atoms with Crippen LogP contribution in [0, 0.1) is 5.92 Å². The molecule has 2 aromatic rings. The quantitative estimate of drug-likeness (QED) is 0.130. The molecule has 0 bridgehead atoms. The lowest BCUT2D eigenvalue weighted by molar-refractivity contribution is -0.174. The molecule has 11 nitrogen and oxygen atoms in total. The first-order valence-corrected chi connectivity index (χ1v) is 16.4. The van der Waals surface area contributed by atoms with Gasteiger partial charge in [0.15, 0.2) is 29.3 Å². The van der Waals surface area contributed by atoms with Crippen LogP contribution in [0.1, 0.15) is 101 Å². The maximum absolute atomic E-state index is 13.5. The van der Waals surface area contributed by atoms with Crippen LogP contribution in [0.4, 0.5) is 0 Å². The molecule has 0 spiro atoms. The van der Waals surface area contributed by atoms with E-state index in [0.717, 1.165) is 24.8 Å². The van der Waals surface area contributed by atoms with Crippen LogP contribution < -0.4 is 10.1 Å². The van der Waals surface area contributed by atoms with Crippen molar-refractivity contribution >= 4 is 23.8 Å². The van der Waals surface area contributed by atoms with Gasteiger partial charge in [-0.25, -0.2) is 9.78 Å². The molecule has 0 aliphatic carbocycles. The average molecular weight is 641 g/mol. The second-order valence-corrected chi connectivity index (χ2v) is 11.7. The lowest BCUT2D eigenvalue weighted by Gasteiger charge is -2.29. The molecule has 0 unspecified atom stereocenters. The van der Waals surface area contributed by atoms with Crippen molar-refractivity contribution in [1.82, 2.24) is 10.3 Å². The van der Waals surface area contributed by atoms with Gasteiger partial charge in [-0.05, 0) is 25.3 Å². The van der Waals surface area contributed by atoms with E-state index in [9.17, 15) is 24.3 Å². The van der Waals surface area contributed by atoms with Gasteiger partial charge in [0.2, 0.25) is 0 Å². The summed E-state index contributed by atoms with van der Waals surface area (Å²) in [6.45, 7) is 3.22. The number of nitrogens with zero attached hydrogens (tertiary/aromatic N) is 1. The number of carbonyl (C=O) groups is 4. The number of methoxy groups -OCH3 is 1. The number of ether oxygens (including phenoxy) is 4. The third-order valence-electron chi connectivity index (χ3n) is 8.07. The predicted octanol–water partition coefficient (Wildman–Crippen LogP) is 5.46. The molecule has 1 fully saturated rings. The van der Waals surface area contributed by atoms with E-state index < -0.39 is 60.3 Å². The normalized spacial score (nSPS) is 20.0. The SMILES string of the molecule is CCCCCCCCCCCCC(=O)O[C@H]1[C@H](C)OC(=O)[C@@H](NC(=O)c2nccc(OC)c2O)COC(=O)[C@@H]1Cc1ccccc1. The molecule has 2 heterocycles. The molecule has 46 heavy (non-hydrogen) atoms. The standard InChI is InChI=1S/C35H48N2O9/c1-4-5-6-7-8-9-10-11-12-16-19-29(38)46-32-24(2)45-35(42)27(37-33(40)30-31(39)28(43-3)20-21-36-30)23-44-34(41)26(32)22-25-17-14-13-15-18-25/h13-15,17-18,20-21,24,26-27,32,39H,4-12,16,19,22-23H2,1-3H3,(H,37,40)/t24-,26+,27-,32-/m0/s1. The van der Waals surface area contributed by atoms with Crippen molar-refractivity contribution in [2.75, 3.05) is 13.7 Å². The van der Waals surface area contributed by atoms with Crippen LogP contribution in [0.15, 0.2) is 42.6 Å². The summed E-state index contributed by atoms with van der Waals surface area (Å²) < 4.78 is 22.0. The lowest BCUT2D eigenvalue weighted by atomic mass is 9.91. The first-order valence-electron chi connectivity index (χ1n) is 16.4. The Morgan fingerprint density at radius 3 is 2.26 bits per heavy atom. The van der Waals surface area contributed by atoms with Crippen molar-refractivity contribution in [3.05, 3.63) is 53.9 Å². The van der Waals surface area contributed by atoms with Crippen LogP contribution in [0.2, 0.25) is 0 Å². The fraction of sp³-hybridized carbons (Fsp3) is 0.571. The summed E-state index contributed by atoms with van der Waals surface area (Å²) in [4.78, 5) is 56.5.